The third-order valence-corrected chi connectivity index (χ3v) is 6.65. The molecule has 7 heteroatoms. The predicted octanol–water partition coefficient (Wildman–Crippen LogP) is 5.73. The lowest BCUT2D eigenvalue weighted by Crippen LogP contribution is -2.48. The maximum absolute atomic E-state index is 13.3. The van der Waals surface area contributed by atoms with Crippen molar-refractivity contribution in [1.82, 2.24) is 9.80 Å². The molecular weight excluding hydrogens is 441 g/mol. The molecule has 0 bridgehead atoms. The maximum Gasteiger partial charge on any atom is 0.416 e. The van der Waals surface area contributed by atoms with Crippen LogP contribution in [0.3, 0.4) is 0 Å². The molecule has 4 nitrogen and oxygen atoms in total. The van der Waals surface area contributed by atoms with Crippen molar-refractivity contribution in [1.29, 1.82) is 0 Å². The molecule has 0 radical (unpaired) electrons. The van der Waals surface area contributed by atoms with Crippen LogP contribution in [0.4, 0.5) is 18.0 Å². The zero-order chi connectivity index (χ0) is 23.7. The number of carbonyl (C=O) groups is 1. The summed E-state index contributed by atoms with van der Waals surface area (Å²) in [5.74, 6) is 0. The van der Waals surface area contributed by atoms with E-state index in [2.05, 4.69) is 18.2 Å². The molecule has 176 valence electrons. The highest BCUT2D eigenvalue weighted by atomic mass is 19.4. The fourth-order valence-corrected chi connectivity index (χ4v) is 4.85. The number of carbonyl (C=O) groups excluding carboxylic acids is 1. The number of benzene rings is 3. The Bertz CT molecular complexity index is 1200. The van der Waals surface area contributed by atoms with E-state index in [-0.39, 0.29) is 24.8 Å². The van der Waals surface area contributed by atoms with Gasteiger partial charge in [-0.25, -0.2) is 4.79 Å². The summed E-state index contributed by atoms with van der Waals surface area (Å²) >= 11 is 0. The van der Waals surface area contributed by atoms with Gasteiger partial charge in [-0.05, 0) is 45.9 Å². The molecule has 0 saturated carbocycles. The number of alkyl halides is 3. The van der Waals surface area contributed by atoms with Crippen LogP contribution in [-0.2, 0) is 30.5 Å². The Hall–Kier alpha value is -3.32. The summed E-state index contributed by atoms with van der Waals surface area (Å²) in [4.78, 5) is 16.2. The lowest BCUT2D eigenvalue weighted by molar-refractivity contribution is -0.138. The van der Waals surface area contributed by atoms with E-state index in [0.717, 1.165) is 18.1 Å². The highest BCUT2D eigenvalue weighted by Crippen LogP contribution is 2.38. The summed E-state index contributed by atoms with van der Waals surface area (Å²) < 4.78 is 45.4. The SMILES string of the molecule is O=C(OCc1cccc2c1Cc1ccccc1-2)N1CCN(Cc2ccccc2C(F)(F)F)CC1. The second-order valence-corrected chi connectivity index (χ2v) is 8.75. The lowest BCUT2D eigenvalue weighted by Gasteiger charge is -2.34. The second kappa shape index (κ2) is 9.14. The molecule has 1 aliphatic heterocycles. The minimum absolute atomic E-state index is 0.204. The molecule has 1 fully saturated rings. The number of hydrogen-bond donors (Lipinski definition) is 0. The average molecular weight is 467 g/mol. The molecule has 0 unspecified atom stereocenters. The zero-order valence-corrected chi connectivity index (χ0v) is 18.6. The molecule has 0 atom stereocenters. The van der Waals surface area contributed by atoms with Crippen LogP contribution in [0, 0.1) is 0 Å². The van der Waals surface area contributed by atoms with E-state index in [1.807, 2.05) is 29.2 Å². The summed E-state index contributed by atoms with van der Waals surface area (Å²) in [5, 5.41) is 0. The van der Waals surface area contributed by atoms with Gasteiger partial charge >= 0.3 is 12.3 Å². The van der Waals surface area contributed by atoms with Crippen molar-refractivity contribution in [2.24, 2.45) is 0 Å². The third kappa shape index (κ3) is 4.53. The Labute approximate surface area is 196 Å². The fraction of sp³-hybridized carbons (Fsp3) is 0.296. The number of rotatable bonds is 4. The standard InChI is InChI=1S/C27H25F3N2O2/c28-27(29,30)25-11-4-2-7-20(25)17-31-12-14-32(15-13-31)26(33)34-18-21-8-5-10-23-22-9-3-1-6-19(22)16-24(21)23/h1-11H,12-18H2. The van der Waals surface area contributed by atoms with E-state index >= 15 is 0 Å². The van der Waals surface area contributed by atoms with Crippen molar-refractivity contribution < 1.29 is 22.7 Å². The van der Waals surface area contributed by atoms with Crippen LogP contribution in [0.5, 0.6) is 0 Å². The maximum atomic E-state index is 13.3. The minimum atomic E-state index is -4.37. The van der Waals surface area contributed by atoms with Crippen molar-refractivity contribution >= 4 is 6.09 Å². The van der Waals surface area contributed by atoms with E-state index < -0.39 is 11.7 Å². The van der Waals surface area contributed by atoms with Crippen molar-refractivity contribution in [3.05, 3.63) is 94.5 Å². The molecule has 5 rings (SSSR count). The first-order valence-electron chi connectivity index (χ1n) is 11.4. The van der Waals surface area contributed by atoms with Crippen LogP contribution in [0.2, 0.25) is 0 Å². The van der Waals surface area contributed by atoms with Gasteiger partial charge in [-0.1, -0.05) is 60.7 Å². The quantitative estimate of drug-likeness (QED) is 0.385. The van der Waals surface area contributed by atoms with Gasteiger partial charge in [-0.2, -0.15) is 13.2 Å². The first-order valence-corrected chi connectivity index (χ1v) is 11.4. The van der Waals surface area contributed by atoms with E-state index in [1.165, 1.54) is 34.4 Å². The molecule has 0 N–H and O–H groups in total. The topological polar surface area (TPSA) is 32.8 Å². The van der Waals surface area contributed by atoms with Gasteiger partial charge in [0.2, 0.25) is 0 Å². The number of ether oxygens (including phenoxy) is 1. The van der Waals surface area contributed by atoms with Crippen LogP contribution in [-0.4, -0.2) is 42.1 Å². The predicted molar refractivity (Wildman–Crippen MR) is 123 cm³/mol. The van der Waals surface area contributed by atoms with Crippen molar-refractivity contribution in [3.8, 4) is 11.1 Å². The summed E-state index contributed by atoms with van der Waals surface area (Å²) in [6.07, 6.45) is -3.93. The molecule has 3 aromatic carbocycles. The molecule has 1 saturated heterocycles. The number of amides is 1. The number of halogens is 3. The molecular formula is C27H25F3N2O2. The van der Waals surface area contributed by atoms with Crippen LogP contribution in [0.25, 0.3) is 11.1 Å². The van der Waals surface area contributed by atoms with Gasteiger partial charge in [-0.3, -0.25) is 4.90 Å². The molecule has 1 amide bonds. The third-order valence-electron chi connectivity index (χ3n) is 6.65. The van der Waals surface area contributed by atoms with Crippen molar-refractivity contribution in [2.45, 2.75) is 25.7 Å². The van der Waals surface area contributed by atoms with Crippen LogP contribution in [0.1, 0.15) is 27.8 Å². The molecule has 1 aliphatic carbocycles. The van der Waals surface area contributed by atoms with Gasteiger partial charge in [-0.15, -0.1) is 0 Å². The van der Waals surface area contributed by atoms with E-state index in [1.54, 1.807) is 11.0 Å². The van der Waals surface area contributed by atoms with Gasteiger partial charge in [0.1, 0.15) is 6.61 Å². The van der Waals surface area contributed by atoms with Crippen LogP contribution >= 0.6 is 0 Å². The number of hydrogen-bond acceptors (Lipinski definition) is 3. The number of nitrogens with zero attached hydrogens (tertiary/aromatic N) is 2. The monoisotopic (exact) mass is 466 g/mol. The average Bonchev–Trinajstić information content (AvgIpc) is 3.22. The van der Waals surface area contributed by atoms with E-state index in [4.69, 9.17) is 4.74 Å². The lowest BCUT2D eigenvalue weighted by atomic mass is 10.0. The Morgan fingerprint density at radius 2 is 1.50 bits per heavy atom. The van der Waals surface area contributed by atoms with Crippen LogP contribution in [0.15, 0.2) is 66.7 Å². The highest BCUT2D eigenvalue weighted by Gasteiger charge is 2.33. The smallest absolute Gasteiger partial charge is 0.416 e. The van der Waals surface area contributed by atoms with E-state index in [9.17, 15) is 18.0 Å². The van der Waals surface area contributed by atoms with Crippen molar-refractivity contribution in [3.63, 3.8) is 0 Å². The van der Waals surface area contributed by atoms with Gasteiger partial charge < -0.3 is 9.64 Å². The van der Waals surface area contributed by atoms with Gasteiger partial charge in [0.25, 0.3) is 0 Å². The first-order chi connectivity index (χ1) is 16.4. The Kier molecular flexibility index (Phi) is 6.04. The summed E-state index contributed by atoms with van der Waals surface area (Å²) in [6, 6.07) is 20.0. The minimum Gasteiger partial charge on any atom is -0.445 e. The number of fused-ring (bicyclic) bond motifs is 3. The van der Waals surface area contributed by atoms with E-state index in [0.29, 0.717) is 26.2 Å². The number of piperazine rings is 1. The Morgan fingerprint density at radius 1 is 0.824 bits per heavy atom. The Balaban J connectivity index is 1.16. The first kappa shape index (κ1) is 22.5. The largest absolute Gasteiger partial charge is 0.445 e. The van der Waals surface area contributed by atoms with Crippen LogP contribution < -0.4 is 0 Å². The summed E-state index contributed by atoms with van der Waals surface area (Å²) in [7, 11) is 0. The molecule has 34 heavy (non-hydrogen) atoms. The molecule has 1 heterocycles. The van der Waals surface area contributed by atoms with Gasteiger partial charge in [0.15, 0.2) is 0 Å². The summed E-state index contributed by atoms with van der Waals surface area (Å²) in [5.41, 5.74) is 5.55. The van der Waals surface area contributed by atoms with Gasteiger partial charge in [0, 0.05) is 32.7 Å². The molecule has 3 aromatic rings. The zero-order valence-electron chi connectivity index (χ0n) is 18.6. The highest BCUT2D eigenvalue weighted by molar-refractivity contribution is 5.78. The Morgan fingerprint density at radius 3 is 2.29 bits per heavy atom. The summed E-state index contributed by atoms with van der Waals surface area (Å²) in [6.45, 7) is 2.25. The molecule has 0 spiro atoms. The second-order valence-electron chi connectivity index (χ2n) is 8.75. The fourth-order valence-electron chi connectivity index (χ4n) is 4.85. The van der Waals surface area contributed by atoms with Crippen molar-refractivity contribution in [2.75, 3.05) is 26.2 Å². The van der Waals surface area contributed by atoms with Gasteiger partial charge in [0.05, 0.1) is 5.56 Å². The molecule has 2 aliphatic rings. The molecule has 0 aromatic heterocycles. The normalized spacial score (nSPS) is 15.7.